The van der Waals surface area contributed by atoms with E-state index in [-0.39, 0.29) is 132 Å². The summed E-state index contributed by atoms with van der Waals surface area (Å²) in [5.41, 5.74) is 2.40. The van der Waals surface area contributed by atoms with Crippen LogP contribution in [0, 0.1) is 5.41 Å². The maximum Gasteiger partial charge on any atom is 1.00 e. The van der Waals surface area contributed by atoms with Crippen LogP contribution in [0.1, 0.15) is 77.3 Å². The number of allylic oxidation sites excluding steroid dienone is 8. The molecule has 0 radical (unpaired) electrons. The molecular weight excluding hydrogens is 1050 g/mol. The molecule has 3 aromatic rings. The van der Waals surface area contributed by atoms with Crippen LogP contribution in [0.2, 0.25) is 0 Å². The first-order valence-electron chi connectivity index (χ1n) is 21.6. The quantitative estimate of drug-likeness (QED) is 0.0369. The Bertz CT molecular complexity index is 3210. The summed E-state index contributed by atoms with van der Waals surface area (Å²) >= 11 is 6.58. The minimum atomic E-state index is -5.30. The fraction of sp³-hybridized carbons (Fsp3) is 0.391. The van der Waals surface area contributed by atoms with Crippen LogP contribution in [-0.4, -0.2) is 116 Å². The van der Waals surface area contributed by atoms with Crippen LogP contribution in [0.5, 0.6) is 5.75 Å². The second-order valence-electron chi connectivity index (χ2n) is 17.6. The first-order chi connectivity index (χ1) is 31.6. The summed E-state index contributed by atoms with van der Waals surface area (Å²) in [6, 6.07) is 11.8. The van der Waals surface area contributed by atoms with Gasteiger partial charge >= 0.3 is 88.7 Å². The zero-order valence-corrected chi connectivity index (χ0v) is 50.7. The molecule has 3 aliphatic heterocycles. The molecule has 0 aromatic heterocycles. The third-order valence-electron chi connectivity index (χ3n) is 12.0. The van der Waals surface area contributed by atoms with Crippen molar-refractivity contribution >= 4 is 85.7 Å². The number of benzene rings is 3. The monoisotopic (exact) mass is 1100 g/mol. The minimum Gasteiger partial charge on any atom is -0.748 e. The molecule has 17 nitrogen and oxygen atoms in total. The van der Waals surface area contributed by atoms with E-state index in [0.717, 1.165) is 11.6 Å². The summed E-state index contributed by atoms with van der Waals surface area (Å²) in [6.45, 7) is 8.38. The van der Waals surface area contributed by atoms with Gasteiger partial charge in [-0.1, -0.05) is 43.7 Å². The molecule has 368 valence electrons. The molecule has 0 amide bonds. The van der Waals surface area contributed by atoms with E-state index < -0.39 is 72.6 Å². The Kier molecular flexibility index (Phi) is 22.9. The second-order valence-corrected chi connectivity index (χ2v) is 23.8. The van der Waals surface area contributed by atoms with Gasteiger partial charge in [0.25, 0.3) is 0 Å². The van der Waals surface area contributed by atoms with Gasteiger partial charge in [-0.3, -0.25) is 0 Å². The molecule has 3 aliphatic rings. The van der Waals surface area contributed by atoms with Gasteiger partial charge in [-0.15, -0.1) is 0 Å². The van der Waals surface area contributed by atoms with Crippen LogP contribution in [0.3, 0.4) is 0 Å². The predicted molar refractivity (Wildman–Crippen MR) is 254 cm³/mol. The molecule has 1 N–H and O–H groups in total. The molecule has 0 atom stereocenters. The van der Waals surface area contributed by atoms with E-state index in [1.807, 2.05) is 65.8 Å². The molecule has 0 spiro atoms. The first kappa shape index (κ1) is 63.7. The summed E-state index contributed by atoms with van der Waals surface area (Å²) in [5.74, 6) is 0.0247. The fourth-order valence-corrected chi connectivity index (χ4v) is 11.3. The number of unbranched alkanes of at least 4 members (excludes halogenated alkanes) is 3. The fourth-order valence-electron chi connectivity index (χ4n) is 8.59. The van der Waals surface area contributed by atoms with E-state index in [1.54, 1.807) is 38.3 Å². The number of aliphatic imine (C=N–C) groups is 1. The number of hydrogen-bond donors (Lipinski definition) is 1. The van der Waals surface area contributed by atoms with Gasteiger partial charge in [0.2, 0.25) is 5.69 Å². The Hall–Kier alpha value is -1.55. The topological polar surface area (TPSA) is 277 Å². The van der Waals surface area contributed by atoms with Gasteiger partial charge in [0, 0.05) is 71.4 Å². The summed E-state index contributed by atoms with van der Waals surface area (Å²) in [6.07, 6.45) is 12.7. The first-order valence-corrected chi connectivity index (χ1v) is 27.9. The number of hydrogen-bond acceptors (Lipinski definition) is 16. The Morgan fingerprint density at radius 3 is 2.08 bits per heavy atom. The van der Waals surface area contributed by atoms with Crippen molar-refractivity contribution in [2.45, 2.75) is 81.4 Å². The van der Waals surface area contributed by atoms with Gasteiger partial charge in [0.1, 0.15) is 38.4 Å². The predicted octanol–water partition coefficient (Wildman–Crippen LogP) is -2.88. The zero-order valence-electron chi connectivity index (χ0n) is 40.7. The van der Waals surface area contributed by atoms with Gasteiger partial charge in [0.05, 0.1) is 52.8 Å². The Balaban J connectivity index is 0.00000444. The van der Waals surface area contributed by atoms with Crippen LogP contribution in [-0.2, 0) is 45.9 Å². The summed E-state index contributed by atoms with van der Waals surface area (Å²) in [4.78, 5) is 5.04. The van der Waals surface area contributed by atoms with E-state index in [1.165, 1.54) is 6.07 Å². The average molecular weight is 1100 g/mol. The van der Waals surface area contributed by atoms with Crippen molar-refractivity contribution < 1.29 is 155 Å². The number of ether oxygens (including phenoxy) is 1. The number of aliphatic hydroxyl groups excluding tert-OH is 1. The molecule has 0 unspecified atom stereocenters. The van der Waals surface area contributed by atoms with Gasteiger partial charge in [-0.25, -0.2) is 38.7 Å². The summed E-state index contributed by atoms with van der Waals surface area (Å²) in [7, 11) is -19.5. The molecule has 6 rings (SSSR count). The molecule has 0 fully saturated rings. The molecule has 0 saturated heterocycles. The number of rotatable bonds is 21. The SMILES string of the molecule is CC1(C)C2=CC(Cl)=CN(CCCCS(=O)(=O)[O-])C2=N/C1=C/C=C(/C=C/C1=[N+](CCCCS(=O)(=O)[O-])c2ccc3c(S(=O)(=O)[O-])cc(S(=O)(=O)[O-])cc3c2C1(C)C)c1cccc(OCCCCO)c1.[Na+].[Na+].[Na+]. The summed E-state index contributed by atoms with van der Waals surface area (Å²) in [5, 5.41) is 9.64. The second kappa shape index (κ2) is 25.5. The van der Waals surface area contributed by atoms with Crippen LogP contribution in [0.4, 0.5) is 5.69 Å². The van der Waals surface area contributed by atoms with E-state index in [2.05, 4.69) is 0 Å². The molecule has 3 heterocycles. The molecule has 0 bridgehead atoms. The van der Waals surface area contributed by atoms with Crippen LogP contribution in [0.15, 0.2) is 116 Å². The third kappa shape index (κ3) is 16.0. The molecule has 0 saturated carbocycles. The number of halogens is 1. The van der Waals surface area contributed by atoms with Crippen molar-refractivity contribution in [3.05, 3.63) is 113 Å². The van der Waals surface area contributed by atoms with E-state index in [0.29, 0.717) is 88.9 Å². The number of nitrogens with zero attached hydrogens (tertiary/aromatic N) is 3. The van der Waals surface area contributed by atoms with Crippen molar-refractivity contribution in [3.63, 3.8) is 0 Å². The van der Waals surface area contributed by atoms with E-state index in [9.17, 15) is 57.0 Å². The Morgan fingerprint density at radius 1 is 0.803 bits per heavy atom. The number of aliphatic hydroxyl groups is 1. The smallest absolute Gasteiger partial charge is 0.748 e. The van der Waals surface area contributed by atoms with Crippen molar-refractivity contribution in [1.82, 2.24) is 4.90 Å². The van der Waals surface area contributed by atoms with Gasteiger partial charge < -0.3 is 33.0 Å². The van der Waals surface area contributed by atoms with E-state index >= 15 is 0 Å². The largest absolute Gasteiger partial charge is 1.00 e. The van der Waals surface area contributed by atoms with Gasteiger partial charge in [-0.05, 0) is 111 Å². The maximum absolute atomic E-state index is 12.5. The van der Waals surface area contributed by atoms with Crippen molar-refractivity contribution in [2.75, 3.05) is 37.8 Å². The third-order valence-corrected chi connectivity index (χ3v) is 15.4. The molecule has 71 heavy (non-hydrogen) atoms. The number of fused-ring (bicyclic) bond motifs is 4. The maximum atomic E-state index is 12.5. The van der Waals surface area contributed by atoms with Crippen LogP contribution >= 0.6 is 11.6 Å². The zero-order chi connectivity index (χ0) is 50.0. The van der Waals surface area contributed by atoms with Crippen LogP contribution in [0.25, 0.3) is 16.3 Å². The van der Waals surface area contributed by atoms with E-state index in [4.69, 9.17) is 21.3 Å². The molecular formula is C46H51ClN3Na3O14S4. The van der Waals surface area contributed by atoms with Crippen molar-refractivity contribution in [3.8, 4) is 5.75 Å². The molecule has 0 aliphatic carbocycles. The summed E-state index contributed by atoms with van der Waals surface area (Å²) < 4.78 is 151. The normalized spacial score (nSPS) is 17.3. The van der Waals surface area contributed by atoms with Crippen LogP contribution < -0.4 is 93.4 Å². The molecule has 3 aromatic carbocycles. The van der Waals surface area contributed by atoms with Crippen molar-refractivity contribution in [1.29, 1.82) is 0 Å². The average Bonchev–Trinajstić information content (AvgIpc) is 3.61. The Labute approximate surface area is 487 Å². The van der Waals surface area contributed by atoms with Crippen molar-refractivity contribution in [2.24, 2.45) is 10.4 Å². The van der Waals surface area contributed by atoms with Gasteiger partial charge in [-0.2, -0.15) is 4.58 Å². The molecule has 25 heteroatoms. The number of amidine groups is 1. The minimum absolute atomic E-state index is 0. The standard InChI is InChI=1S/C46H54ClN3O14S4.3Na/c1-45(2)38-27-33(47)30-49(20-5-9-24-65(52,53)54)44(38)48-41(45)18-14-31(32-12-11-13-34(26-32)64-23-8-7-22-51)15-19-42-46(3,4)43-37-28-35(67(58,59)60)29-40(68(61,62)63)36(37)16-17-39(43)50(42)21-6-10-25-66(55,56)57;;;/h11-19,26-30,51H,5-10,20-25H2,1-4H3,(H3-,52,53,54,55,56,57,58,59,60,61,62,63);;;/q;3*+1/p-3. The Morgan fingerprint density at radius 2 is 1.46 bits per heavy atom. The van der Waals surface area contributed by atoms with Gasteiger partial charge in [0.15, 0.2) is 5.71 Å².